The van der Waals surface area contributed by atoms with Gasteiger partial charge < -0.3 is 10.2 Å². The molecular weight excluding hydrogens is 388 g/mol. The molecule has 28 heavy (non-hydrogen) atoms. The van der Waals surface area contributed by atoms with Gasteiger partial charge in [-0.25, -0.2) is 0 Å². The van der Waals surface area contributed by atoms with E-state index < -0.39 is 0 Å². The van der Waals surface area contributed by atoms with Crippen LogP contribution in [0.2, 0.25) is 0 Å². The number of nitrogens with one attached hydrogen (secondary N) is 1. The Morgan fingerprint density at radius 3 is 2.57 bits per heavy atom. The fraction of sp³-hybridized carbons (Fsp3) is 0.636. The minimum Gasteiger partial charge on any atom is -0.353 e. The van der Waals surface area contributed by atoms with Crippen molar-refractivity contribution in [2.24, 2.45) is 0 Å². The zero-order valence-corrected chi connectivity index (χ0v) is 18.3. The van der Waals surface area contributed by atoms with Crippen LogP contribution in [0, 0.1) is 0 Å². The van der Waals surface area contributed by atoms with Crippen LogP contribution in [0.4, 0.5) is 0 Å². The largest absolute Gasteiger partial charge is 0.353 e. The predicted octanol–water partition coefficient (Wildman–Crippen LogP) is 4.59. The molecule has 0 unspecified atom stereocenters. The normalized spacial score (nSPS) is 19.4. The maximum atomic E-state index is 13.0. The first-order valence-corrected chi connectivity index (χ1v) is 12.8. The van der Waals surface area contributed by atoms with Gasteiger partial charge >= 0.3 is 0 Å². The molecular formula is C22H32N2O2S2. The minimum absolute atomic E-state index is 0.0870. The third-order valence-corrected chi connectivity index (χ3v) is 7.58. The summed E-state index contributed by atoms with van der Waals surface area (Å²) in [6, 6.07) is 8.05. The molecule has 1 aromatic rings. The van der Waals surface area contributed by atoms with Crippen molar-refractivity contribution in [3.8, 4) is 0 Å². The third kappa shape index (κ3) is 6.73. The van der Waals surface area contributed by atoms with E-state index in [1.54, 1.807) is 0 Å². The van der Waals surface area contributed by atoms with Gasteiger partial charge in [0, 0.05) is 29.8 Å². The lowest BCUT2D eigenvalue weighted by molar-refractivity contribution is -0.119. The minimum atomic E-state index is 0.0870. The monoisotopic (exact) mass is 420 g/mol. The number of hydrogen-bond acceptors (Lipinski definition) is 4. The van der Waals surface area contributed by atoms with Crippen molar-refractivity contribution < 1.29 is 9.59 Å². The van der Waals surface area contributed by atoms with E-state index >= 15 is 0 Å². The highest BCUT2D eigenvalue weighted by molar-refractivity contribution is 8.00. The van der Waals surface area contributed by atoms with Crippen molar-refractivity contribution in [1.82, 2.24) is 10.2 Å². The van der Waals surface area contributed by atoms with E-state index in [4.69, 9.17) is 0 Å². The van der Waals surface area contributed by atoms with Gasteiger partial charge in [-0.15, -0.1) is 11.8 Å². The van der Waals surface area contributed by atoms with E-state index in [0.717, 1.165) is 54.3 Å². The summed E-state index contributed by atoms with van der Waals surface area (Å²) in [6.45, 7) is 1.64. The molecule has 1 saturated heterocycles. The number of rotatable bonds is 5. The molecule has 1 aliphatic carbocycles. The molecule has 1 aromatic carbocycles. The average molecular weight is 421 g/mol. The molecule has 4 nitrogen and oxygen atoms in total. The van der Waals surface area contributed by atoms with Crippen LogP contribution in [0.5, 0.6) is 0 Å². The van der Waals surface area contributed by atoms with E-state index in [9.17, 15) is 9.59 Å². The molecule has 0 spiro atoms. The summed E-state index contributed by atoms with van der Waals surface area (Å²) in [5.41, 5.74) is 0.734. The number of thioether (sulfide) groups is 2. The van der Waals surface area contributed by atoms with Gasteiger partial charge in [0.15, 0.2) is 0 Å². The predicted molar refractivity (Wildman–Crippen MR) is 119 cm³/mol. The van der Waals surface area contributed by atoms with Crippen molar-refractivity contribution in [3.63, 3.8) is 0 Å². The molecule has 2 fully saturated rings. The number of amides is 2. The lowest BCUT2D eigenvalue weighted by atomic mass is 9.97. The Bertz CT molecular complexity index is 637. The Kier molecular flexibility index (Phi) is 9.06. The molecule has 1 heterocycles. The summed E-state index contributed by atoms with van der Waals surface area (Å²) < 4.78 is 0. The summed E-state index contributed by atoms with van der Waals surface area (Å²) in [5, 5.41) is 3.22. The van der Waals surface area contributed by atoms with E-state index in [2.05, 4.69) is 5.32 Å². The highest BCUT2D eigenvalue weighted by atomic mass is 32.2. The number of benzene rings is 1. The van der Waals surface area contributed by atoms with Gasteiger partial charge in [0.1, 0.15) is 0 Å². The molecule has 3 rings (SSSR count). The number of hydrogen-bond donors (Lipinski definition) is 1. The van der Waals surface area contributed by atoms with Gasteiger partial charge in [0.2, 0.25) is 5.91 Å². The first kappa shape index (κ1) is 21.6. The average Bonchev–Trinajstić information content (AvgIpc) is 2.97. The van der Waals surface area contributed by atoms with Crippen LogP contribution < -0.4 is 5.32 Å². The van der Waals surface area contributed by atoms with Crippen molar-refractivity contribution in [3.05, 3.63) is 29.8 Å². The molecule has 154 valence electrons. The van der Waals surface area contributed by atoms with Gasteiger partial charge in [-0.3, -0.25) is 9.59 Å². The molecule has 1 N–H and O–H groups in total. The van der Waals surface area contributed by atoms with Crippen LogP contribution in [0.1, 0.15) is 61.7 Å². The van der Waals surface area contributed by atoms with Crippen LogP contribution in [0.25, 0.3) is 0 Å². The SMILES string of the molecule is O=C(CSc1ccccc1C(=O)N1CCCSCC1)NC1CCCCCCC1. The van der Waals surface area contributed by atoms with Crippen molar-refractivity contribution in [1.29, 1.82) is 0 Å². The summed E-state index contributed by atoms with van der Waals surface area (Å²) in [5.74, 6) is 2.69. The first-order chi connectivity index (χ1) is 13.7. The lowest BCUT2D eigenvalue weighted by Gasteiger charge is -2.22. The van der Waals surface area contributed by atoms with Crippen molar-refractivity contribution in [2.45, 2.75) is 62.3 Å². The third-order valence-electron chi connectivity index (χ3n) is 5.46. The summed E-state index contributed by atoms with van der Waals surface area (Å²) >= 11 is 3.40. The molecule has 0 radical (unpaired) electrons. The second-order valence-corrected chi connectivity index (χ2v) is 9.89. The highest BCUT2D eigenvalue weighted by Crippen LogP contribution is 2.25. The Hall–Kier alpha value is -1.14. The van der Waals surface area contributed by atoms with E-state index in [-0.39, 0.29) is 11.8 Å². The van der Waals surface area contributed by atoms with Gasteiger partial charge in [-0.05, 0) is 37.1 Å². The van der Waals surface area contributed by atoms with Gasteiger partial charge in [0.05, 0.1) is 11.3 Å². The Labute approximate surface area is 177 Å². The molecule has 1 saturated carbocycles. The molecule has 6 heteroatoms. The van der Waals surface area contributed by atoms with E-state index in [1.807, 2.05) is 40.9 Å². The van der Waals surface area contributed by atoms with Gasteiger partial charge in [-0.2, -0.15) is 11.8 Å². The Balaban J connectivity index is 1.55. The summed E-state index contributed by atoms with van der Waals surface area (Å²) in [4.78, 5) is 28.4. The molecule has 2 amide bonds. The summed E-state index contributed by atoms with van der Waals surface area (Å²) in [6.07, 6.45) is 9.56. The van der Waals surface area contributed by atoms with E-state index in [1.165, 1.54) is 43.9 Å². The smallest absolute Gasteiger partial charge is 0.255 e. The summed E-state index contributed by atoms with van der Waals surface area (Å²) in [7, 11) is 0. The number of carbonyl (C=O) groups excluding carboxylic acids is 2. The number of nitrogens with zero attached hydrogens (tertiary/aromatic N) is 1. The fourth-order valence-electron chi connectivity index (χ4n) is 3.90. The van der Waals surface area contributed by atoms with Crippen LogP contribution in [0.3, 0.4) is 0 Å². The first-order valence-electron chi connectivity index (χ1n) is 10.6. The second kappa shape index (κ2) is 11.8. The van der Waals surface area contributed by atoms with E-state index in [0.29, 0.717) is 11.8 Å². The standard InChI is InChI=1S/C22H32N2O2S2/c25-21(23-18-9-4-2-1-3-5-10-18)17-28-20-12-7-6-11-19(20)22(26)24-13-8-15-27-16-14-24/h6-7,11-12,18H,1-5,8-10,13-17H2,(H,23,25). The molecule has 0 aromatic heterocycles. The quantitative estimate of drug-likeness (QED) is 0.708. The second-order valence-electron chi connectivity index (χ2n) is 7.65. The topological polar surface area (TPSA) is 49.4 Å². The fourth-order valence-corrected chi connectivity index (χ4v) is 5.64. The van der Waals surface area contributed by atoms with Crippen molar-refractivity contribution >= 4 is 35.3 Å². The Morgan fingerprint density at radius 2 is 1.75 bits per heavy atom. The maximum Gasteiger partial charge on any atom is 0.255 e. The van der Waals surface area contributed by atoms with Crippen molar-refractivity contribution in [2.75, 3.05) is 30.3 Å². The van der Waals surface area contributed by atoms with Crippen LogP contribution >= 0.6 is 23.5 Å². The Morgan fingerprint density at radius 1 is 1.00 bits per heavy atom. The number of carbonyl (C=O) groups is 2. The van der Waals surface area contributed by atoms with Crippen LogP contribution in [0.15, 0.2) is 29.2 Å². The zero-order valence-electron chi connectivity index (χ0n) is 16.7. The lowest BCUT2D eigenvalue weighted by Crippen LogP contribution is -2.36. The molecule has 2 aliphatic rings. The van der Waals surface area contributed by atoms with Crippen LogP contribution in [-0.4, -0.2) is 53.1 Å². The maximum absolute atomic E-state index is 13.0. The van der Waals surface area contributed by atoms with Gasteiger partial charge in [0.25, 0.3) is 5.91 Å². The van der Waals surface area contributed by atoms with Gasteiger partial charge in [-0.1, -0.05) is 44.2 Å². The van der Waals surface area contributed by atoms with Crippen LogP contribution in [-0.2, 0) is 4.79 Å². The molecule has 1 aliphatic heterocycles. The molecule has 0 atom stereocenters. The zero-order chi connectivity index (χ0) is 19.6. The molecule has 0 bridgehead atoms. The highest BCUT2D eigenvalue weighted by Gasteiger charge is 2.21.